The van der Waals surface area contributed by atoms with Crippen LogP contribution in [0.4, 0.5) is 0 Å². The Bertz CT molecular complexity index is 707. The van der Waals surface area contributed by atoms with E-state index in [2.05, 4.69) is 0 Å². The van der Waals surface area contributed by atoms with E-state index in [1.807, 2.05) is 0 Å². The average Bonchev–Trinajstić information content (AvgIpc) is 2.91. The van der Waals surface area contributed by atoms with Crippen molar-refractivity contribution in [3.63, 3.8) is 0 Å². The standard InChI is InChI=1S/C22H43N3O13/c23-15-13(6-35-5-9-11(2-27)38-22(33)17(25)19(9)30)36-10(1-26)8(18(15)29)4-34-7-14-16(24)21(32)20(31)12(3-28)37-14/h8-22,26-33H,1-7,23-25H2/t8-,9-,10?,11?,12?,13-,14-,15?,16?,17?,18-,19-,20-,21+,22+/m0/s1. The lowest BCUT2D eigenvalue weighted by atomic mass is 9.86. The van der Waals surface area contributed by atoms with E-state index in [1.54, 1.807) is 0 Å². The molecule has 3 aliphatic heterocycles. The van der Waals surface area contributed by atoms with Crippen LogP contribution in [0.3, 0.4) is 0 Å². The third kappa shape index (κ3) is 6.98. The Kier molecular flexibility index (Phi) is 12.0. The minimum atomic E-state index is -1.43. The van der Waals surface area contributed by atoms with Gasteiger partial charge in [0.2, 0.25) is 0 Å². The second kappa shape index (κ2) is 14.3. The van der Waals surface area contributed by atoms with Crippen molar-refractivity contribution in [3.05, 3.63) is 0 Å². The van der Waals surface area contributed by atoms with Crippen molar-refractivity contribution in [3.8, 4) is 0 Å². The molecule has 3 rings (SSSR count). The Hall–Kier alpha value is -0.640. The van der Waals surface area contributed by atoms with Crippen molar-refractivity contribution in [2.45, 2.75) is 79.4 Å². The zero-order valence-corrected chi connectivity index (χ0v) is 21.0. The van der Waals surface area contributed by atoms with E-state index in [1.165, 1.54) is 0 Å². The molecule has 15 atom stereocenters. The highest BCUT2D eigenvalue weighted by Gasteiger charge is 2.46. The van der Waals surface area contributed by atoms with Crippen molar-refractivity contribution in [1.82, 2.24) is 0 Å². The Morgan fingerprint density at radius 1 is 0.474 bits per heavy atom. The fraction of sp³-hybridized carbons (Fsp3) is 1.00. The summed E-state index contributed by atoms with van der Waals surface area (Å²) >= 11 is 0. The van der Waals surface area contributed by atoms with Crippen LogP contribution in [0.15, 0.2) is 0 Å². The Labute approximate surface area is 219 Å². The Morgan fingerprint density at radius 2 is 0.895 bits per heavy atom. The molecule has 0 aromatic rings. The first-order valence-electron chi connectivity index (χ1n) is 12.7. The van der Waals surface area contributed by atoms with Crippen LogP contribution >= 0.6 is 0 Å². The first kappa shape index (κ1) is 31.9. The van der Waals surface area contributed by atoms with E-state index in [-0.39, 0.29) is 26.4 Å². The summed E-state index contributed by atoms with van der Waals surface area (Å²) in [6.45, 7) is -1.91. The third-order valence-electron chi connectivity index (χ3n) is 7.67. The first-order chi connectivity index (χ1) is 18.0. The van der Waals surface area contributed by atoms with Gasteiger partial charge >= 0.3 is 0 Å². The van der Waals surface area contributed by atoms with Crippen LogP contribution < -0.4 is 17.2 Å². The topological polar surface area (TPSA) is 286 Å². The molecule has 14 N–H and O–H groups in total. The van der Waals surface area contributed by atoms with Crippen LogP contribution in [0.2, 0.25) is 0 Å². The molecule has 0 aromatic carbocycles. The number of aliphatic hydroxyl groups is 8. The smallest absolute Gasteiger partial charge is 0.172 e. The number of rotatable bonds is 11. The summed E-state index contributed by atoms with van der Waals surface area (Å²) in [6.07, 6.45) is -10.9. The molecule has 0 amide bonds. The lowest BCUT2D eigenvalue weighted by Crippen LogP contribution is -2.63. The molecule has 6 unspecified atom stereocenters. The van der Waals surface area contributed by atoms with Gasteiger partial charge in [-0.2, -0.15) is 0 Å². The quantitative estimate of drug-likeness (QED) is 0.112. The van der Waals surface area contributed by atoms with Crippen LogP contribution in [0.1, 0.15) is 0 Å². The molecule has 0 radical (unpaired) electrons. The summed E-state index contributed by atoms with van der Waals surface area (Å²) in [6, 6.07) is -2.99. The van der Waals surface area contributed by atoms with Crippen LogP contribution in [-0.2, 0) is 23.7 Å². The number of hydrogen-bond donors (Lipinski definition) is 11. The second-order valence-electron chi connectivity index (χ2n) is 10.1. The molecule has 0 aliphatic carbocycles. The van der Waals surface area contributed by atoms with Gasteiger partial charge in [0, 0.05) is 11.8 Å². The van der Waals surface area contributed by atoms with Gasteiger partial charge in [0.05, 0.1) is 101 Å². The van der Waals surface area contributed by atoms with E-state index < -0.39 is 111 Å². The fourth-order valence-electron chi connectivity index (χ4n) is 5.11. The normalized spacial score (nSPS) is 48.2. The monoisotopic (exact) mass is 557 g/mol. The summed E-state index contributed by atoms with van der Waals surface area (Å²) in [5.41, 5.74) is 17.8. The van der Waals surface area contributed by atoms with Gasteiger partial charge in [-0.05, 0) is 0 Å². The van der Waals surface area contributed by atoms with Crippen molar-refractivity contribution >= 4 is 0 Å². The van der Waals surface area contributed by atoms with Crippen molar-refractivity contribution < 1.29 is 64.5 Å². The van der Waals surface area contributed by atoms with Crippen molar-refractivity contribution in [2.75, 3.05) is 46.2 Å². The van der Waals surface area contributed by atoms with E-state index in [0.717, 1.165) is 0 Å². The van der Waals surface area contributed by atoms with Crippen molar-refractivity contribution in [1.29, 1.82) is 0 Å². The van der Waals surface area contributed by atoms with Gasteiger partial charge in [-0.3, -0.25) is 0 Å². The zero-order chi connectivity index (χ0) is 28.1. The van der Waals surface area contributed by atoms with Gasteiger partial charge in [0.15, 0.2) is 6.29 Å². The molecule has 0 spiro atoms. The molecule has 16 heteroatoms. The lowest BCUT2D eigenvalue weighted by molar-refractivity contribution is -0.243. The SMILES string of the molecule is NC1[C@H](COC[C@H]2C(CO)O[C@@H](COC[C@H]3C(CO)O[C@@H](O)C(N)[C@H]3O)C(N)[C@H]2O)OC(CO)[C@H](O)[C@@H]1O. The highest BCUT2D eigenvalue weighted by Crippen LogP contribution is 2.28. The molecular formula is C22H43N3O13. The Morgan fingerprint density at radius 3 is 1.39 bits per heavy atom. The summed E-state index contributed by atoms with van der Waals surface area (Å²) in [5.74, 6) is -1.47. The van der Waals surface area contributed by atoms with Crippen LogP contribution in [0, 0.1) is 11.8 Å². The molecular weight excluding hydrogens is 514 g/mol. The minimum absolute atomic E-state index is 0.104. The van der Waals surface area contributed by atoms with E-state index in [4.69, 9.17) is 40.9 Å². The number of hydrogen-bond acceptors (Lipinski definition) is 16. The minimum Gasteiger partial charge on any atom is -0.394 e. The van der Waals surface area contributed by atoms with Gasteiger partial charge in [0.25, 0.3) is 0 Å². The van der Waals surface area contributed by atoms with Crippen molar-refractivity contribution in [2.24, 2.45) is 29.0 Å². The zero-order valence-electron chi connectivity index (χ0n) is 21.0. The summed E-state index contributed by atoms with van der Waals surface area (Å²) < 4.78 is 27.9. The van der Waals surface area contributed by atoms with E-state index in [9.17, 15) is 40.9 Å². The molecule has 3 saturated heterocycles. The van der Waals surface area contributed by atoms with Gasteiger partial charge in [-0.25, -0.2) is 0 Å². The molecule has 38 heavy (non-hydrogen) atoms. The second-order valence-corrected chi connectivity index (χ2v) is 10.1. The molecule has 16 nitrogen and oxygen atoms in total. The van der Waals surface area contributed by atoms with Crippen LogP contribution in [-0.4, -0.2) is 166 Å². The maximum absolute atomic E-state index is 10.8. The first-order valence-corrected chi connectivity index (χ1v) is 12.7. The molecule has 0 aromatic heterocycles. The van der Waals surface area contributed by atoms with E-state index >= 15 is 0 Å². The maximum atomic E-state index is 10.8. The highest BCUT2D eigenvalue weighted by atomic mass is 16.6. The number of ether oxygens (including phenoxy) is 5. The molecule has 224 valence electrons. The largest absolute Gasteiger partial charge is 0.394 e. The highest BCUT2D eigenvalue weighted by molar-refractivity contribution is 4.97. The molecule has 3 aliphatic rings. The van der Waals surface area contributed by atoms with Gasteiger partial charge < -0.3 is 81.7 Å². The predicted octanol–water partition coefficient (Wildman–Crippen LogP) is -7.09. The summed E-state index contributed by atoms with van der Waals surface area (Å²) in [7, 11) is 0. The molecule has 0 bridgehead atoms. The molecule has 3 fully saturated rings. The number of aliphatic hydroxyl groups excluding tert-OH is 8. The van der Waals surface area contributed by atoms with Gasteiger partial charge in [0.1, 0.15) is 18.3 Å². The summed E-state index contributed by atoms with van der Waals surface area (Å²) in [4.78, 5) is 0. The average molecular weight is 558 g/mol. The Balaban J connectivity index is 1.50. The number of nitrogens with two attached hydrogens (primary N) is 3. The predicted molar refractivity (Wildman–Crippen MR) is 126 cm³/mol. The third-order valence-corrected chi connectivity index (χ3v) is 7.67. The maximum Gasteiger partial charge on any atom is 0.172 e. The van der Waals surface area contributed by atoms with E-state index in [0.29, 0.717) is 0 Å². The molecule has 0 saturated carbocycles. The molecule has 3 heterocycles. The fourth-order valence-corrected chi connectivity index (χ4v) is 5.11. The van der Waals surface area contributed by atoms with Crippen LogP contribution in [0.5, 0.6) is 0 Å². The van der Waals surface area contributed by atoms with Gasteiger partial charge in [-0.1, -0.05) is 0 Å². The lowest BCUT2D eigenvalue weighted by Gasteiger charge is -2.44. The van der Waals surface area contributed by atoms with Crippen LogP contribution in [0.25, 0.3) is 0 Å². The summed E-state index contributed by atoms with van der Waals surface area (Å²) in [5, 5.41) is 79.6. The van der Waals surface area contributed by atoms with Gasteiger partial charge in [-0.15, -0.1) is 0 Å².